The molecule has 0 aliphatic rings. The summed E-state index contributed by atoms with van der Waals surface area (Å²) in [6.07, 6.45) is 1.65. The highest BCUT2D eigenvalue weighted by molar-refractivity contribution is 14.1. The number of aryl methyl sites for hydroxylation is 1. The molecule has 1 aromatic heterocycles. The highest BCUT2D eigenvalue weighted by Gasteiger charge is 2.14. The molecule has 0 bridgehead atoms. The van der Waals surface area contributed by atoms with Crippen LogP contribution in [0, 0.1) is 14.1 Å². The zero-order chi connectivity index (χ0) is 26.5. The number of hydrogen-bond donors (Lipinski definition) is 1. The lowest BCUT2D eigenvalue weighted by Crippen LogP contribution is -2.18. The van der Waals surface area contributed by atoms with Crippen molar-refractivity contribution in [1.29, 1.82) is 0 Å². The van der Waals surface area contributed by atoms with Gasteiger partial charge in [0.2, 0.25) is 0 Å². The van der Waals surface area contributed by atoms with Gasteiger partial charge < -0.3 is 4.74 Å². The van der Waals surface area contributed by atoms with Crippen molar-refractivity contribution >= 4 is 68.2 Å². The summed E-state index contributed by atoms with van der Waals surface area (Å²) >= 11 is 4.54. The fraction of sp³-hybridized carbons (Fsp3) is 0.0645. The number of hydrogen-bond acceptors (Lipinski definition) is 4. The van der Waals surface area contributed by atoms with E-state index in [9.17, 15) is 4.79 Å². The fourth-order valence-electron chi connectivity index (χ4n) is 4.10. The van der Waals surface area contributed by atoms with E-state index in [4.69, 9.17) is 9.72 Å². The van der Waals surface area contributed by atoms with Crippen LogP contribution in [0.25, 0.3) is 22.2 Å². The summed E-state index contributed by atoms with van der Waals surface area (Å²) in [7, 11) is 0. The van der Waals surface area contributed by atoms with Crippen LogP contribution in [0.15, 0.2) is 102 Å². The second-order valence-electron chi connectivity index (χ2n) is 8.73. The van der Waals surface area contributed by atoms with E-state index in [2.05, 4.69) is 80.8 Å². The molecule has 0 unspecified atom stereocenters. The number of nitrogens with zero attached hydrogens (tertiary/aromatic N) is 2. The number of fused-ring (bicyclic) bond motifs is 1. The van der Waals surface area contributed by atoms with Gasteiger partial charge in [0.15, 0.2) is 0 Å². The van der Waals surface area contributed by atoms with Gasteiger partial charge in [0, 0.05) is 10.9 Å². The van der Waals surface area contributed by atoms with Crippen LogP contribution in [0.2, 0.25) is 0 Å². The number of nitrogens with one attached hydrogen (secondary N) is 1. The Bertz CT molecular complexity index is 1630. The number of amides is 1. The maximum absolute atomic E-state index is 13.2. The number of carbonyl (C=O) groups is 1. The number of halogens is 2. The Balaban J connectivity index is 1.33. The maximum atomic E-state index is 13.2. The number of carbonyl (C=O) groups excluding carboxylic acids is 1. The molecule has 188 valence electrons. The van der Waals surface area contributed by atoms with E-state index in [0.29, 0.717) is 12.2 Å². The highest BCUT2D eigenvalue weighted by atomic mass is 127. The molecular formula is C31H23I2N3O2. The van der Waals surface area contributed by atoms with Crippen LogP contribution in [0.1, 0.15) is 27.0 Å². The molecule has 0 aliphatic heterocycles. The summed E-state index contributed by atoms with van der Waals surface area (Å²) < 4.78 is 8.07. The number of hydrazone groups is 1. The van der Waals surface area contributed by atoms with E-state index >= 15 is 0 Å². The minimum atomic E-state index is -0.292. The highest BCUT2D eigenvalue weighted by Crippen LogP contribution is 2.29. The Kier molecular flexibility index (Phi) is 8.33. The topological polar surface area (TPSA) is 63.6 Å². The van der Waals surface area contributed by atoms with Crippen LogP contribution in [0.5, 0.6) is 5.75 Å². The molecule has 5 aromatic rings. The molecule has 0 aliphatic carbocycles. The normalized spacial score (nSPS) is 11.1. The second-order valence-corrected chi connectivity index (χ2v) is 11.1. The van der Waals surface area contributed by atoms with E-state index in [1.807, 2.05) is 78.9 Å². The SMILES string of the molecule is Cc1cccc(COc2c(I)cc(/C=N/NC(=O)c3cc(-c4ccccc4)nc4ccccc34)cc2I)c1. The molecule has 1 N–H and O–H groups in total. The molecule has 0 radical (unpaired) electrons. The van der Waals surface area contributed by atoms with Crippen LogP contribution in [-0.4, -0.2) is 17.1 Å². The lowest BCUT2D eigenvalue weighted by Gasteiger charge is -2.12. The lowest BCUT2D eigenvalue weighted by atomic mass is 10.0. The van der Waals surface area contributed by atoms with Gasteiger partial charge in [-0.15, -0.1) is 0 Å². The average molecular weight is 723 g/mol. The van der Waals surface area contributed by atoms with Crippen LogP contribution in [-0.2, 0) is 6.61 Å². The molecule has 5 nitrogen and oxygen atoms in total. The molecule has 0 spiro atoms. The van der Waals surface area contributed by atoms with Crippen molar-refractivity contribution in [3.8, 4) is 17.0 Å². The standard InChI is InChI=1S/C31H23I2N3O2/c1-20-8-7-9-21(14-20)19-38-30-26(32)15-22(16-27(30)33)18-34-36-31(37)25-17-29(23-10-3-2-4-11-23)35-28-13-6-5-12-24(25)28/h2-18H,19H2,1H3,(H,36,37)/b34-18+. The van der Waals surface area contributed by atoms with Gasteiger partial charge in [-0.05, 0) is 87.5 Å². The molecule has 7 heteroatoms. The molecule has 0 atom stereocenters. The van der Waals surface area contributed by atoms with Gasteiger partial charge in [-0.3, -0.25) is 4.79 Å². The first kappa shape index (κ1) is 26.3. The molecule has 38 heavy (non-hydrogen) atoms. The summed E-state index contributed by atoms with van der Waals surface area (Å²) in [4.78, 5) is 17.9. The van der Waals surface area contributed by atoms with Gasteiger partial charge in [-0.25, -0.2) is 10.4 Å². The zero-order valence-electron chi connectivity index (χ0n) is 20.5. The van der Waals surface area contributed by atoms with Crippen LogP contribution >= 0.6 is 45.2 Å². The third-order valence-corrected chi connectivity index (χ3v) is 7.50. The summed E-state index contributed by atoms with van der Waals surface area (Å²) in [5.41, 5.74) is 8.86. The third kappa shape index (κ3) is 6.21. The Morgan fingerprint density at radius 2 is 1.66 bits per heavy atom. The van der Waals surface area contributed by atoms with Crippen molar-refractivity contribution in [2.45, 2.75) is 13.5 Å². The Morgan fingerprint density at radius 1 is 0.921 bits per heavy atom. The summed E-state index contributed by atoms with van der Waals surface area (Å²) in [6.45, 7) is 2.57. The summed E-state index contributed by atoms with van der Waals surface area (Å²) in [6, 6.07) is 31.5. The van der Waals surface area contributed by atoms with Gasteiger partial charge in [-0.1, -0.05) is 78.4 Å². The van der Waals surface area contributed by atoms with Crippen LogP contribution in [0.3, 0.4) is 0 Å². The van der Waals surface area contributed by atoms with Crippen molar-refractivity contribution in [2.24, 2.45) is 5.10 Å². The van der Waals surface area contributed by atoms with Crippen molar-refractivity contribution < 1.29 is 9.53 Å². The molecule has 0 saturated carbocycles. The van der Waals surface area contributed by atoms with E-state index in [1.54, 1.807) is 6.21 Å². The molecule has 1 heterocycles. The number of pyridine rings is 1. The fourth-order valence-corrected chi connectivity index (χ4v) is 6.22. The first-order valence-electron chi connectivity index (χ1n) is 11.9. The van der Waals surface area contributed by atoms with Gasteiger partial charge in [0.25, 0.3) is 5.91 Å². The Hall–Kier alpha value is -3.31. The van der Waals surface area contributed by atoms with Crippen molar-refractivity contribution in [3.05, 3.63) is 126 Å². The lowest BCUT2D eigenvalue weighted by molar-refractivity contribution is 0.0956. The first-order valence-corrected chi connectivity index (χ1v) is 14.1. The number of rotatable bonds is 7. The molecular weight excluding hydrogens is 700 g/mol. The largest absolute Gasteiger partial charge is 0.487 e. The van der Waals surface area contributed by atoms with Gasteiger partial charge in [-0.2, -0.15) is 5.10 Å². The molecule has 1 amide bonds. The predicted molar refractivity (Wildman–Crippen MR) is 170 cm³/mol. The maximum Gasteiger partial charge on any atom is 0.272 e. The number of aromatic nitrogens is 1. The van der Waals surface area contributed by atoms with Gasteiger partial charge in [0.1, 0.15) is 12.4 Å². The van der Waals surface area contributed by atoms with Gasteiger partial charge in [0.05, 0.1) is 30.1 Å². The molecule has 0 saturated heterocycles. The Morgan fingerprint density at radius 3 is 2.42 bits per heavy atom. The van der Waals surface area contributed by atoms with Crippen molar-refractivity contribution in [1.82, 2.24) is 10.4 Å². The third-order valence-electron chi connectivity index (χ3n) is 5.90. The minimum absolute atomic E-state index is 0.292. The van der Waals surface area contributed by atoms with E-state index in [-0.39, 0.29) is 5.91 Å². The first-order chi connectivity index (χ1) is 18.5. The van der Waals surface area contributed by atoms with E-state index in [0.717, 1.165) is 46.2 Å². The summed E-state index contributed by atoms with van der Waals surface area (Å²) in [5.74, 6) is 0.546. The molecule has 4 aromatic carbocycles. The summed E-state index contributed by atoms with van der Waals surface area (Å²) in [5, 5.41) is 5.03. The second kappa shape index (κ2) is 12.0. The smallest absolute Gasteiger partial charge is 0.272 e. The molecule has 0 fully saturated rings. The Labute approximate surface area is 248 Å². The monoisotopic (exact) mass is 723 g/mol. The van der Waals surface area contributed by atoms with Gasteiger partial charge >= 0.3 is 0 Å². The van der Waals surface area contributed by atoms with Crippen LogP contribution in [0.4, 0.5) is 0 Å². The van der Waals surface area contributed by atoms with Crippen molar-refractivity contribution in [2.75, 3.05) is 0 Å². The number of para-hydroxylation sites is 1. The number of ether oxygens (including phenoxy) is 1. The number of benzene rings is 4. The quantitative estimate of drug-likeness (QED) is 0.106. The van der Waals surface area contributed by atoms with Crippen molar-refractivity contribution in [3.63, 3.8) is 0 Å². The van der Waals surface area contributed by atoms with E-state index in [1.165, 1.54) is 5.56 Å². The molecule has 5 rings (SSSR count). The predicted octanol–water partition coefficient (Wildman–Crippen LogP) is 7.76. The average Bonchev–Trinajstić information content (AvgIpc) is 2.92. The van der Waals surface area contributed by atoms with E-state index < -0.39 is 0 Å². The minimum Gasteiger partial charge on any atom is -0.487 e. The van der Waals surface area contributed by atoms with Crippen LogP contribution < -0.4 is 10.2 Å². The zero-order valence-corrected chi connectivity index (χ0v) is 24.8.